The highest BCUT2D eigenvalue weighted by Gasteiger charge is 2.37. The zero-order chi connectivity index (χ0) is 16.6. The van der Waals surface area contributed by atoms with E-state index in [4.69, 9.17) is 5.73 Å². The van der Waals surface area contributed by atoms with Crippen molar-refractivity contribution in [3.63, 3.8) is 0 Å². The lowest BCUT2D eigenvalue weighted by Gasteiger charge is -2.24. The number of nitrogens with zero attached hydrogens (tertiary/aromatic N) is 2. The lowest BCUT2D eigenvalue weighted by atomic mass is 9.88. The second-order valence-electron chi connectivity index (χ2n) is 6.26. The van der Waals surface area contributed by atoms with Crippen molar-refractivity contribution in [2.45, 2.75) is 38.5 Å². The van der Waals surface area contributed by atoms with Gasteiger partial charge < -0.3 is 15.6 Å². The molecule has 3 rings (SSSR count). The van der Waals surface area contributed by atoms with E-state index in [1.165, 1.54) is 0 Å². The molecule has 7 heteroatoms. The predicted molar refractivity (Wildman–Crippen MR) is 89.2 cm³/mol. The number of fused-ring (bicyclic) bond motifs is 1. The molecule has 1 saturated heterocycles. The molecule has 23 heavy (non-hydrogen) atoms. The summed E-state index contributed by atoms with van der Waals surface area (Å²) < 4.78 is 1.99. The van der Waals surface area contributed by atoms with Crippen LogP contribution in [0.2, 0.25) is 0 Å². The van der Waals surface area contributed by atoms with Crippen molar-refractivity contribution in [3.05, 3.63) is 30.1 Å². The van der Waals surface area contributed by atoms with Crippen molar-refractivity contribution in [2.75, 3.05) is 0 Å². The van der Waals surface area contributed by atoms with E-state index in [1.807, 2.05) is 49.7 Å². The lowest BCUT2D eigenvalue weighted by molar-refractivity contribution is -0.123. The van der Waals surface area contributed by atoms with Gasteiger partial charge in [0.2, 0.25) is 5.91 Å². The molecule has 0 bridgehead atoms. The number of rotatable bonds is 4. The first-order chi connectivity index (χ1) is 11.0. The molecule has 2 heterocycles. The van der Waals surface area contributed by atoms with Crippen LogP contribution in [0.25, 0.3) is 11.0 Å². The maximum absolute atomic E-state index is 12.4. The Labute approximate surface area is 135 Å². The number of imidazole rings is 1. The highest BCUT2D eigenvalue weighted by atomic mass is 16.2. The molecule has 0 saturated carbocycles. The van der Waals surface area contributed by atoms with Gasteiger partial charge in [0.05, 0.1) is 23.6 Å². The van der Waals surface area contributed by atoms with Crippen LogP contribution < -0.4 is 21.9 Å². The monoisotopic (exact) mass is 316 g/mol. The van der Waals surface area contributed by atoms with Crippen LogP contribution in [0.4, 0.5) is 0 Å². The van der Waals surface area contributed by atoms with E-state index in [9.17, 15) is 4.79 Å². The number of carbonyl (C=O) groups excluding carboxylic acids is 1. The summed E-state index contributed by atoms with van der Waals surface area (Å²) in [6.07, 6.45) is 0. The molecule has 1 aliphatic heterocycles. The van der Waals surface area contributed by atoms with Crippen LogP contribution >= 0.6 is 0 Å². The molecular formula is C16H24N6O. The molecule has 2 aromatic rings. The van der Waals surface area contributed by atoms with Gasteiger partial charge in [0.1, 0.15) is 5.82 Å². The Bertz CT molecular complexity index is 702. The number of nitrogens with one attached hydrogen (secondary N) is 3. The fourth-order valence-corrected chi connectivity index (χ4v) is 3.32. The predicted octanol–water partition coefficient (Wildman–Crippen LogP) is 0.0178. The van der Waals surface area contributed by atoms with Crippen LogP contribution in [0.5, 0.6) is 0 Å². The van der Waals surface area contributed by atoms with E-state index < -0.39 is 6.04 Å². The van der Waals surface area contributed by atoms with Gasteiger partial charge in [-0.2, -0.15) is 0 Å². The Morgan fingerprint density at radius 3 is 2.65 bits per heavy atom. The third-order valence-corrected chi connectivity index (χ3v) is 4.71. The van der Waals surface area contributed by atoms with E-state index in [2.05, 4.69) is 21.2 Å². The minimum absolute atomic E-state index is 0.0513. The van der Waals surface area contributed by atoms with Crippen molar-refractivity contribution >= 4 is 16.9 Å². The van der Waals surface area contributed by atoms with Crippen LogP contribution in [0.1, 0.15) is 19.7 Å². The fraction of sp³-hybridized carbons (Fsp3) is 0.500. The van der Waals surface area contributed by atoms with Crippen molar-refractivity contribution in [1.82, 2.24) is 25.7 Å². The van der Waals surface area contributed by atoms with Gasteiger partial charge in [0.25, 0.3) is 0 Å². The third kappa shape index (κ3) is 2.95. The van der Waals surface area contributed by atoms with E-state index in [-0.39, 0.29) is 23.9 Å². The minimum Gasteiger partial charge on any atom is -0.348 e. The molecule has 7 nitrogen and oxygen atoms in total. The minimum atomic E-state index is -0.558. The first kappa shape index (κ1) is 15.9. The maximum Gasteiger partial charge on any atom is 0.237 e. The highest BCUT2D eigenvalue weighted by Crippen LogP contribution is 2.18. The van der Waals surface area contributed by atoms with E-state index in [0.29, 0.717) is 6.54 Å². The Balaban J connectivity index is 1.67. The molecule has 1 aromatic heterocycles. The number of hydrogen-bond donors (Lipinski definition) is 4. The summed E-state index contributed by atoms with van der Waals surface area (Å²) in [5.41, 5.74) is 14.4. The molecule has 1 amide bonds. The summed E-state index contributed by atoms with van der Waals surface area (Å²) in [4.78, 5) is 16.9. The van der Waals surface area contributed by atoms with Gasteiger partial charge in [0.15, 0.2) is 0 Å². The van der Waals surface area contributed by atoms with Crippen molar-refractivity contribution in [2.24, 2.45) is 18.7 Å². The van der Waals surface area contributed by atoms with Crippen LogP contribution in [0, 0.1) is 5.92 Å². The Hall–Kier alpha value is -1.96. The largest absolute Gasteiger partial charge is 0.348 e. The van der Waals surface area contributed by atoms with Gasteiger partial charge in [-0.3, -0.25) is 15.6 Å². The molecule has 0 radical (unpaired) electrons. The summed E-state index contributed by atoms with van der Waals surface area (Å²) in [7, 11) is 1.95. The van der Waals surface area contributed by atoms with Gasteiger partial charge in [-0.1, -0.05) is 12.1 Å². The van der Waals surface area contributed by atoms with Crippen molar-refractivity contribution in [3.8, 4) is 0 Å². The van der Waals surface area contributed by atoms with E-state index in [0.717, 1.165) is 16.9 Å². The van der Waals surface area contributed by atoms with Crippen LogP contribution in [-0.4, -0.2) is 33.6 Å². The van der Waals surface area contributed by atoms with Gasteiger partial charge in [-0.05, 0) is 26.0 Å². The number of para-hydroxylation sites is 2. The van der Waals surface area contributed by atoms with Crippen molar-refractivity contribution in [1.29, 1.82) is 0 Å². The number of aromatic nitrogens is 2. The summed E-state index contributed by atoms with van der Waals surface area (Å²) in [6.45, 7) is 4.42. The molecular weight excluding hydrogens is 292 g/mol. The van der Waals surface area contributed by atoms with Crippen molar-refractivity contribution < 1.29 is 4.79 Å². The van der Waals surface area contributed by atoms with Gasteiger partial charge in [-0.25, -0.2) is 4.98 Å². The summed E-state index contributed by atoms with van der Waals surface area (Å²) in [6, 6.07) is 7.66. The van der Waals surface area contributed by atoms with Gasteiger partial charge in [0, 0.05) is 25.0 Å². The zero-order valence-corrected chi connectivity index (χ0v) is 13.7. The smallest absolute Gasteiger partial charge is 0.237 e. The average molecular weight is 316 g/mol. The van der Waals surface area contributed by atoms with E-state index in [1.54, 1.807) is 0 Å². The molecule has 124 valence electrons. The standard InChI is InChI=1S/C16H24N6O/c1-9-14(10(2)21-20-9)15(17)16(23)18-8-13-19-11-6-4-5-7-12(11)22(13)3/h4-7,9-10,14-15,20-21H,8,17H2,1-3H3,(H,18,23). The first-order valence-corrected chi connectivity index (χ1v) is 7.93. The van der Waals surface area contributed by atoms with Crippen LogP contribution in [-0.2, 0) is 18.4 Å². The SMILES string of the molecule is CC1NNC(C)C1C(N)C(=O)NCc1nc2ccccc2n1C. The molecule has 1 fully saturated rings. The number of amides is 1. The number of nitrogens with two attached hydrogens (primary N) is 1. The second-order valence-corrected chi connectivity index (χ2v) is 6.26. The Morgan fingerprint density at radius 2 is 2.00 bits per heavy atom. The van der Waals surface area contributed by atoms with Crippen LogP contribution in [0.15, 0.2) is 24.3 Å². The molecule has 0 spiro atoms. The van der Waals surface area contributed by atoms with Crippen LogP contribution in [0.3, 0.4) is 0 Å². The third-order valence-electron chi connectivity index (χ3n) is 4.71. The normalized spacial score (nSPS) is 25.7. The summed E-state index contributed by atoms with van der Waals surface area (Å²) >= 11 is 0. The topological polar surface area (TPSA) is 97.0 Å². The maximum atomic E-state index is 12.4. The Morgan fingerprint density at radius 1 is 1.35 bits per heavy atom. The number of hydrazine groups is 1. The molecule has 1 aromatic carbocycles. The average Bonchev–Trinajstić information content (AvgIpc) is 3.05. The molecule has 0 aliphatic carbocycles. The quantitative estimate of drug-likeness (QED) is 0.637. The fourth-order valence-electron chi connectivity index (χ4n) is 3.32. The van der Waals surface area contributed by atoms with Gasteiger partial charge >= 0.3 is 0 Å². The molecule has 3 atom stereocenters. The number of aryl methyl sites for hydroxylation is 1. The number of hydrogen-bond acceptors (Lipinski definition) is 5. The molecule has 3 unspecified atom stereocenters. The second kappa shape index (κ2) is 6.27. The summed E-state index contributed by atoms with van der Waals surface area (Å²) in [5.74, 6) is 0.720. The number of benzene rings is 1. The molecule has 5 N–H and O–H groups in total. The lowest BCUT2D eigenvalue weighted by Crippen LogP contribution is -2.50. The number of carbonyl (C=O) groups is 1. The molecule has 1 aliphatic rings. The zero-order valence-electron chi connectivity index (χ0n) is 13.7. The van der Waals surface area contributed by atoms with E-state index >= 15 is 0 Å². The van der Waals surface area contributed by atoms with Gasteiger partial charge in [-0.15, -0.1) is 0 Å². The Kier molecular flexibility index (Phi) is 4.34. The highest BCUT2D eigenvalue weighted by molar-refractivity contribution is 5.82. The first-order valence-electron chi connectivity index (χ1n) is 7.93. The summed E-state index contributed by atoms with van der Waals surface area (Å²) in [5, 5.41) is 2.92.